The molecule has 1 saturated carbocycles. The molecule has 0 aromatic heterocycles. The average Bonchev–Trinajstić information content (AvgIpc) is 2.54. The average molecular weight is 330 g/mol. The zero-order valence-electron chi connectivity index (χ0n) is 15.3. The van der Waals surface area contributed by atoms with Crippen molar-refractivity contribution < 1.29 is 9.59 Å². The topological polar surface area (TPSA) is 58.2 Å². The number of carbonyl (C=O) groups excluding carboxylic acids is 2. The van der Waals surface area contributed by atoms with Crippen molar-refractivity contribution in [2.45, 2.75) is 65.5 Å². The van der Waals surface area contributed by atoms with Crippen LogP contribution in [0.15, 0.2) is 24.3 Å². The summed E-state index contributed by atoms with van der Waals surface area (Å²) < 4.78 is 0. The van der Waals surface area contributed by atoms with Crippen LogP contribution >= 0.6 is 0 Å². The van der Waals surface area contributed by atoms with Crippen LogP contribution in [0.3, 0.4) is 0 Å². The van der Waals surface area contributed by atoms with Crippen LogP contribution in [0.5, 0.6) is 0 Å². The summed E-state index contributed by atoms with van der Waals surface area (Å²) in [6.45, 7) is 8.14. The van der Waals surface area contributed by atoms with Crippen molar-refractivity contribution in [2.75, 3.05) is 0 Å². The van der Waals surface area contributed by atoms with E-state index in [2.05, 4.69) is 17.6 Å². The smallest absolute Gasteiger partial charge is 0.251 e. The first kappa shape index (κ1) is 18.5. The van der Waals surface area contributed by atoms with Gasteiger partial charge in [-0.2, -0.15) is 0 Å². The lowest BCUT2D eigenvalue weighted by Crippen LogP contribution is -2.52. The monoisotopic (exact) mass is 330 g/mol. The zero-order chi connectivity index (χ0) is 17.7. The first-order valence-electron chi connectivity index (χ1n) is 9.04. The van der Waals surface area contributed by atoms with Crippen molar-refractivity contribution in [1.82, 2.24) is 10.6 Å². The molecule has 1 fully saturated rings. The Balaban J connectivity index is 1.98. The van der Waals surface area contributed by atoms with Crippen molar-refractivity contribution in [1.29, 1.82) is 0 Å². The van der Waals surface area contributed by atoms with E-state index in [1.54, 1.807) is 6.07 Å². The molecule has 1 aliphatic rings. The molecule has 2 amide bonds. The minimum atomic E-state index is -0.502. The molecule has 4 heteroatoms. The Bertz CT molecular complexity index is 575. The van der Waals surface area contributed by atoms with Gasteiger partial charge in [0.05, 0.1) is 0 Å². The Labute approximate surface area is 145 Å². The van der Waals surface area contributed by atoms with Gasteiger partial charge in [-0.3, -0.25) is 9.59 Å². The lowest BCUT2D eigenvalue weighted by atomic mass is 9.87. The second kappa shape index (κ2) is 8.32. The molecule has 0 saturated heterocycles. The van der Waals surface area contributed by atoms with Gasteiger partial charge in [0.2, 0.25) is 5.91 Å². The zero-order valence-corrected chi connectivity index (χ0v) is 15.3. The molecule has 0 aliphatic heterocycles. The van der Waals surface area contributed by atoms with Crippen LogP contribution < -0.4 is 10.6 Å². The normalized spacial score (nSPS) is 22.0. The number of hydrogen-bond donors (Lipinski definition) is 2. The molecule has 1 aliphatic carbocycles. The summed E-state index contributed by atoms with van der Waals surface area (Å²) in [4.78, 5) is 25.1. The molecule has 2 rings (SSSR count). The van der Waals surface area contributed by atoms with E-state index < -0.39 is 6.04 Å². The van der Waals surface area contributed by atoms with Crippen LogP contribution in [-0.2, 0) is 4.79 Å². The minimum absolute atomic E-state index is 0.0428. The first-order valence-corrected chi connectivity index (χ1v) is 9.04. The van der Waals surface area contributed by atoms with E-state index in [9.17, 15) is 9.59 Å². The third-order valence-electron chi connectivity index (χ3n) is 4.88. The molecule has 2 N–H and O–H groups in total. The lowest BCUT2D eigenvalue weighted by molar-refractivity contribution is -0.124. The third-order valence-corrected chi connectivity index (χ3v) is 4.88. The summed E-state index contributed by atoms with van der Waals surface area (Å²) in [6.07, 6.45) is 4.38. The predicted octanol–water partition coefficient (Wildman–Crippen LogP) is 3.44. The van der Waals surface area contributed by atoms with Crippen LogP contribution in [0.2, 0.25) is 0 Å². The number of aryl methyl sites for hydroxylation is 1. The van der Waals surface area contributed by atoms with Gasteiger partial charge in [-0.1, -0.05) is 38.5 Å². The highest BCUT2D eigenvalue weighted by Gasteiger charge is 2.27. The maximum Gasteiger partial charge on any atom is 0.251 e. The molecular formula is C20H30N2O2. The van der Waals surface area contributed by atoms with Gasteiger partial charge in [0.25, 0.3) is 5.91 Å². The molecule has 1 atom stereocenters. The summed E-state index contributed by atoms with van der Waals surface area (Å²) >= 11 is 0. The number of carbonyl (C=O) groups is 2. The standard InChI is InChI=1S/C20H30N2O2/c1-13(2)18(20(24)21-17-10-8-14(3)9-11-17)22-19(23)16-7-5-6-15(4)12-16/h5-7,12-14,17-18H,8-11H2,1-4H3,(H,21,24)(H,22,23). The van der Waals surface area contributed by atoms with E-state index in [4.69, 9.17) is 0 Å². The Morgan fingerprint density at radius 2 is 1.79 bits per heavy atom. The van der Waals surface area contributed by atoms with Crippen molar-refractivity contribution >= 4 is 11.8 Å². The van der Waals surface area contributed by atoms with Crippen LogP contribution in [-0.4, -0.2) is 23.9 Å². The van der Waals surface area contributed by atoms with E-state index in [0.717, 1.165) is 37.2 Å². The molecule has 1 aromatic carbocycles. The van der Waals surface area contributed by atoms with Gasteiger partial charge < -0.3 is 10.6 Å². The second-order valence-electron chi connectivity index (χ2n) is 7.53. The van der Waals surface area contributed by atoms with Crippen molar-refractivity contribution in [3.63, 3.8) is 0 Å². The van der Waals surface area contributed by atoms with E-state index in [1.807, 2.05) is 39.0 Å². The molecule has 132 valence electrons. The number of benzene rings is 1. The van der Waals surface area contributed by atoms with E-state index in [-0.39, 0.29) is 23.8 Å². The number of amides is 2. The molecule has 1 aromatic rings. The van der Waals surface area contributed by atoms with Crippen LogP contribution in [0, 0.1) is 18.8 Å². The lowest BCUT2D eigenvalue weighted by Gasteiger charge is -2.29. The van der Waals surface area contributed by atoms with Crippen molar-refractivity contribution in [2.24, 2.45) is 11.8 Å². The molecular weight excluding hydrogens is 300 g/mol. The summed E-state index contributed by atoms with van der Waals surface area (Å²) in [5.41, 5.74) is 1.63. The quantitative estimate of drug-likeness (QED) is 0.869. The highest BCUT2D eigenvalue weighted by atomic mass is 16.2. The van der Waals surface area contributed by atoms with Crippen molar-refractivity contribution in [3.8, 4) is 0 Å². The highest BCUT2D eigenvalue weighted by Crippen LogP contribution is 2.23. The Morgan fingerprint density at radius 1 is 1.12 bits per heavy atom. The second-order valence-corrected chi connectivity index (χ2v) is 7.53. The summed E-state index contributed by atoms with van der Waals surface area (Å²) in [6, 6.07) is 7.17. The van der Waals surface area contributed by atoms with Crippen LogP contribution in [0.25, 0.3) is 0 Å². The molecule has 4 nitrogen and oxygen atoms in total. The molecule has 0 radical (unpaired) electrons. The van der Waals surface area contributed by atoms with Gasteiger partial charge >= 0.3 is 0 Å². The third kappa shape index (κ3) is 5.08. The molecule has 0 heterocycles. The molecule has 24 heavy (non-hydrogen) atoms. The summed E-state index contributed by atoms with van der Waals surface area (Å²) in [5, 5.41) is 6.04. The molecule has 0 spiro atoms. The highest BCUT2D eigenvalue weighted by molar-refractivity contribution is 5.97. The largest absolute Gasteiger partial charge is 0.352 e. The van der Waals surface area contributed by atoms with Gasteiger partial charge in [-0.05, 0) is 56.6 Å². The van der Waals surface area contributed by atoms with Crippen LogP contribution in [0.4, 0.5) is 0 Å². The Morgan fingerprint density at radius 3 is 2.38 bits per heavy atom. The van der Waals surface area contributed by atoms with E-state index in [1.165, 1.54) is 0 Å². The van der Waals surface area contributed by atoms with E-state index in [0.29, 0.717) is 5.56 Å². The molecule has 0 bridgehead atoms. The number of hydrogen-bond acceptors (Lipinski definition) is 2. The maximum atomic E-state index is 12.6. The fraction of sp³-hybridized carbons (Fsp3) is 0.600. The van der Waals surface area contributed by atoms with Gasteiger partial charge in [0.1, 0.15) is 6.04 Å². The van der Waals surface area contributed by atoms with Crippen LogP contribution in [0.1, 0.15) is 62.4 Å². The maximum absolute atomic E-state index is 12.6. The Kier molecular flexibility index (Phi) is 6.41. The first-order chi connectivity index (χ1) is 11.4. The minimum Gasteiger partial charge on any atom is -0.352 e. The van der Waals surface area contributed by atoms with E-state index >= 15 is 0 Å². The molecule has 1 unspecified atom stereocenters. The SMILES string of the molecule is Cc1cccc(C(=O)NC(C(=O)NC2CCC(C)CC2)C(C)C)c1. The predicted molar refractivity (Wildman–Crippen MR) is 96.8 cm³/mol. The van der Waals surface area contributed by atoms with Gasteiger partial charge in [-0.15, -0.1) is 0 Å². The van der Waals surface area contributed by atoms with Gasteiger partial charge in [0.15, 0.2) is 0 Å². The summed E-state index contributed by atoms with van der Waals surface area (Å²) in [5.74, 6) is 0.539. The van der Waals surface area contributed by atoms with Crippen molar-refractivity contribution in [3.05, 3.63) is 35.4 Å². The number of nitrogens with one attached hydrogen (secondary N) is 2. The summed E-state index contributed by atoms with van der Waals surface area (Å²) in [7, 11) is 0. The van der Waals surface area contributed by atoms with Gasteiger partial charge in [-0.25, -0.2) is 0 Å². The van der Waals surface area contributed by atoms with Gasteiger partial charge in [0, 0.05) is 11.6 Å². The number of rotatable bonds is 5. The Hall–Kier alpha value is -1.84. The fourth-order valence-electron chi connectivity index (χ4n) is 3.24. The fourth-order valence-corrected chi connectivity index (χ4v) is 3.24.